The molecule has 4 heteroatoms. The molecule has 0 radical (unpaired) electrons. The normalized spacial score (nSPS) is 18.3. The molecular formula is C14H19N3O. The molecule has 1 aliphatic rings. The highest BCUT2D eigenvalue weighted by Crippen LogP contribution is 2.27. The van der Waals surface area contributed by atoms with Crippen molar-refractivity contribution < 1.29 is 4.79 Å². The Hall–Kier alpha value is -1.76. The molecule has 18 heavy (non-hydrogen) atoms. The van der Waals surface area contributed by atoms with Gasteiger partial charge in [0.05, 0.1) is 24.0 Å². The highest BCUT2D eigenvalue weighted by atomic mass is 16.2. The molecule has 0 saturated carbocycles. The Bertz CT molecular complexity index is 519. The molecule has 1 unspecified atom stereocenters. The van der Waals surface area contributed by atoms with Crippen LogP contribution < -0.4 is 0 Å². The van der Waals surface area contributed by atoms with Crippen molar-refractivity contribution in [1.82, 2.24) is 14.7 Å². The topological polar surface area (TPSA) is 38.1 Å². The van der Waals surface area contributed by atoms with E-state index in [0.29, 0.717) is 12.5 Å². The summed E-state index contributed by atoms with van der Waals surface area (Å²) in [5.41, 5.74) is 2.20. The third-order valence-electron chi connectivity index (χ3n) is 3.36. The smallest absolute Gasteiger partial charge is 0.299 e. The summed E-state index contributed by atoms with van der Waals surface area (Å²) in [5, 5.41) is 4.58. The zero-order valence-corrected chi connectivity index (χ0v) is 11.4. The Labute approximate surface area is 108 Å². The minimum atomic E-state index is -0.0939. The van der Waals surface area contributed by atoms with Crippen molar-refractivity contribution in [3.8, 4) is 11.8 Å². The minimum Gasteiger partial charge on any atom is -0.322 e. The van der Waals surface area contributed by atoms with Gasteiger partial charge < -0.3 is 4.90 Å². The first kappa shape index (κ1) is 12.7. The molecule has 0 N–H and O–H groups in total. The monoisotopic (exact) mass is 245 g/mol. The molecule has 2 rings (SSSR count). The number of carbonyl (C=O) groups is 1. The molecule has 96 valence electrons. The number of amides is 1. The number of rotatable bonds is 1. The van der Waals surface area contributed by atoms with Gasteiger partial charge in [0.2, 0.25) is 0 Å². The molecule has 0 bridgehead atoms. The predicted molar refractivity (Wildman–Crippen MR) is 69.9 cm³/mol. The van der Waals surface area contributed by atoms with Gasteiger partial charge in [0.15, 0.2) is 0 Å². The standard InChI is InChI=1S/C14H19N3O/c1-5-6-14(18)16-7-8-17-13(11(16)4)9-12(15-17)10(2)3/h9-11H,7-8H2,1-4H3. The third-order valence-corrected chi connectivity index (χ3v) is 3.36. The first-order valence-corrected chi connectivity index (χ1v) is 6.35. The Morgan fingerprint density at radius 2 is 2.22 bits per heavy atom. The van der Waals surface area contributed by atoms with Crippen LogP contribution >= 0.6 is 0 Å². The van der Waals surface area contributed by atoms with Gasteiger partial charge in [-0.05, 0) is 31.8 Å². The van der Waals surface area contributed by atoms with Gasteiger partial charge >= 0.3 is 0 Å². The zero-order valence-electron chi connectivity index (χ0n) is 11.4. The Morgan fingerprint density at radius 3 is 2.83 bits per heavy atom. The average molecular weight is 245 g/mol. The van der Waals surface area contributed by atoms with Gasteiger partial charge in [-0.2, -0.15) is 5.10 Å². The first-order chi connectivity index (χ1) is 8.54. The van der Waals surface area contributed by atoms with Crippen molar-refractivity contribution in [2.24, 2.45) is 0 Å². The maximum Gasteiger partial charge on any atom is 0.299 e. The zero-order chi connectivity index (χ0) is 13.3. The summed E-state index contributed by atoms with van der Waals surface area (Å²) in [6, 6.07) is 2.15. The summed E-state index contributed by atoms with van der Waals surface area (Å²) < 4.78 is 2.02. The van der Waals surface area contributed by atoms with Gasteiger partial charge in [-0.25, -0.2) is 0 Å². The largest absolute Gasteiger partial charge is 0.322 e. The number of carbonyl (C=O) groups excluding carboxylic acids is 1. The second-order valence-electron chi connectivity index (χ2n) is 4.92. The van der Waals surface area contributed by atoms with E-state index in [0.717, 1.165) is 17.9 Å². The lowest BCUT2D eigenvalue weighted by Gasteiger charge is -2.32. The summed E-state index contributed by atoms with van der Waals surface area (Å²) >= 11 is 0. The molecule has 0 fully saturated rings. The lowest BCUT2D eigenvalue weighted by atomic mass is 10.1. The molecule has 1 atom stereocenters. The summed E-state index contributed by atoms with van der Waals surface area (Å²) in [6.07, 6.45) is 0. The fraction of sp³-hybridized carbons (Fsp3) is 0.571. The number of fused-ring (bicyclic) bond motifs is 1. The van der Waals surface area contributed by atoms with Gasteiger partial charge in [0.1, 0.15) is 0 Å². The number of nitrogens with zero attached hydrogens (tertiary/aromatic N) is 3. The summed E-state index contributed by atoms with van der Waals surface area (Å²) in [6.45, 7) is 9.42. The second-order valence-corrected chi connectivity index (χ2v) is 4.92. The molecule has 1 aliphatic heterocycles. The van der Waals surface area contributed by atoms with E-state index >= 15 is 0 Å². The number of aromatic nitrogens is 2. The third kappa shape index (κ3) is 2.13. The molecule has 2 heterocycles. The van der Waals surface area contributed by atoms with Crippen LogP contribution in [0, 0.1) is 11.8 Å². The van der Waals surface area contributed by atoms with Crippen LogP contribution in [0.3, 0.4) is 0 Å². The van der Waals surface area contributed by atoms with Gasteiger partial charge in [-0.1, -0.05) is 19.8 Å². The SMILES string of the molecule is CC#CC(=O)N1CCn2nc(C(C)C)cc2C1C. The highest BCUT2D eigenvalue weighted by molar-refractivity contribution is 5.93. The van der Waals surface area contributed by atoms with Crippen molar-refractivity contribution >= 4 is 5.91 Å². The summed E-state index contributed by atoms with van der Waals surface area (Å²) in [7, 11) is 0. The van der Waals surface area contributed by atoms with E-state index in [1.807, 2.05) is 16.5 Å². The molecule has 0 aliphatic carbocycles. The highest BCUT2D eigenvalue weighted by Gasteiger charge is 2.28. The molecule has 0 aromatic carbocycles. The van der Waals surface area contributed by atoms with Gasteiger partial charge in [-0.3, -0.25) is 9.48 Å². The number of hydrogen-bond donors (Lipinski definition) is 0. The Kier molecular flexibility index (Phi) is 3.42. The number of hydrogen-bond acceptors (Lipinski definition) is 2. The second kappa shape index (κ2) is 4.85. The van der Waals surface area contributed by atoms with Gasteiger partial charge in [0.25, 0.3) is 5.91 Å². The maximum absolute atomic E-state index is 11.9. The van der Waals surface area contributed by atoms with Crippen molar-refractivity contribution in [3.05, 3.63) is 17.5 Å². The molecule has 4 nitrogen and oxygen atoms in total. The van der Waals surface area contributed by atoms with Crippen LogP contribution in [-0.4, -0.2) is 27.1 Å². The minimum absolute atomic E-state index is 0.0482. The van der Waals surface area contributed by atoms with Crippen molar-refractivity contribution in [3.63, 3.8) is 0 Å². The first-order valence-electron chi connectivity index (χ1n) is 6.35. The van der Waals surface area contributed by atoms with Crippen LogP contribution in [-0.2, 0) is 11.3 Å². The molecule has 1 amide bonds. The lowest BCUT2D eigenvalue weighted by molar-refractivity contribution is -0.128. The predicted octanol–water partition coefficient (Wildman–Crippen LogP) is 1.93. The van der Waals surface area contributed by atoms with Crippen molar-refractivity contribution in [2.45, 2.75) is 46.2 Å². The van der Waals surface area contributed by atoms with E-state index in [1.165, 1.54) is 0 Å². The molecule has 1 aromatic rings. The quantitative estimate of drug-likeness (QED) is 0.709. The van der Waals surface area contributed by atoms with Gasteiger partial charge in [0, 0.05) is 6.54 Å². The maximum atomic E-state index is 11.9. The van der Waals surface area contributed by atoms with Crippen LogP contribution in [0.5, 0.6) is 0 Å². The summed E-state index contributed by atoms with van der Waals surface area (Å²) in [4.78, 5) is 13.7. The fourth-order valence-corrected chi connectivity index (χ4v) is 2.26. The molecular weight excluding hydrogens is 226 g/mol. The Balaban J connectivity index is 2.29. The molecule has 0 spiro atoms. The van der Waals surface area contributed by atoms with E-state index in [2.05, 4.69) is 36.9 Å². The van der Waals surface area contributed by atoms with E-state index in [1.54, 1.807) is 6.92 Å². The van der Waals surface area contributed by atoms with Crippen molar-refractivity contribution in [2.75, 3.05) is 6.54 Å². The van der Waals surface area contributed by atoms with E-state index in [9.17, 15) is 4.79 Å². The fourth-order valence-electron chi connectivity index (χ4n) is 2.26. The van der Waals surface area contributed by atoms with Crippen LogP contribution in [0.1, 0.15) is 51.0 Å². The van der Waals surface area contributed by atoms with Crippen LogP contribution in [0.15, 0.2) is 6.07 Å². The van der Waals surface area contributed by atoms with E-state index in [-0.39, 0.29) is 11.9 Å². The lowest BCUT2D eigenvalue weighted by Crippen LogP contribution is -2.40. The van der Waals surface area contributed by atoms with Crippen molar-refractivity contribution in [1.29, 1.82) is 0 Å². The molecule has 1 aromatic heterocycles. The van der Waals surface area contributed by atoms with E-state index in [4.69, 9.17) is 0 Å². The average Bonchev–Trinajstić information content (AvgIpc) is 2.74. The van der Waals surface area contributed by atoms with Gasteiger partial charge in [-0.15, -0.1) is 0 Å². The van der Waals surface area contributed by atoms with E-state index < -0.39 is 0 Å². The molecule has 0 saturated heterocycles. The van der Waals surface area contributed by atoms with Crippen LogP contribution in [0.4, 0.5) is 0 Å². The summed E-state index contributed by atoms with van der Waals surface area (Å²) in [5.74, 6) is 5.60. The van der Waals surface area contributed by atoms with Crippen LogP contribution in [0.25, 0.3) is 0 Å². The van der Waals surface area contributed by atoms with Crippen LogP contribution in [0.2, 0.25) is 0 Å². The Morgan fingerprint density at radius 1 is 1.50 bits per heavy atom.